The van der Waals surface area contributed by atoms with Crippen molar-refractivity contribution in [1.82, 2.24) is 9.38 Å². The highest BCUT2D eigenvalue weighted by molar-refractivity contribution is 5.94. The number of benzene rings is 1. The molecule has 7 heteroatoms. The lowest BCUT2D eigenvalue weighted by Gasteiger charge is -2.00. The number of ketones is 1. The van der Waals surface area contributed by atoms with Gasteiger partial charge in [-0.05, 0) is 37.6 Å². The number of hydrogen-bond donors (Lipinski definition) is 0. The van der Waals surface area contributed by atoms with Crippen LogP contribution >= 0.6 is 0 Å². The van der Waals surface area contributed by atoms with Gasteiger partial charge in [0.25, 0.3) is 0 Å². The minimum Gasteiger partial charge on any atom is -0.469 e. The summed E-state index contributed by atoms with van der Waals surface area (Å²) in [6.07, 6.45) is 1.82. The van der Waals surface area contributed by atoms with E-state index in [9.17, 15) is 9.59 Å². The summed E-state index contributed by atoms with van der Waals surface area (Å²) >= 11 is 0. The monoisotopic (exact) mass is 350 g/mol. The van der Waals surface area contributed by atoms with E-state index in [-0.39, 0.29) is 12.2 Å². The van der Waals surface area contributed by atoms with Crippen molar-refractivity contribution >= 4 is 28.9 Å². The number of azo groups is 1. The maximum absolute atomic E-state index is 11.7. The highest BCUT2D eigenvalue weighted by atomic mass is 16.5. The zero-order valence-electron chi connectivity index (χ0n) is 14.8. The normalized spacial score (nSPS) is 11.2. The van der Waals surface area contributed by atoms with Crippen LogP contribution in [0.4, 0.5) is 11.5 Å². The predicted molar refractivity (Wildman–Crippen MR) is 96.3 cm³/mol. The Balaban J connectivity index is 2.06. The number of nitrogens with zero attached hydrogens (tertiary/aromatic N) is 4. The van der Waals surface area contributed by atoms with E-state index in [1.165, 1.54) is 14.0 Å². The molecule has 0 unspecified atom stereocenters. The standard InChI is InChI=1S/C19H18N4O3/c1-12-6-5-9-23-18(12)20-16(11-17(25)26-3)19(23)22-21-15-8-4-7-14(10-15)13(2)24/h4-10H,11H2,1-3H3. The quantitative estimate of drug-likeness (QED) is 0.396. The molecule has 3 aromatic rings. The molecule has 132 valence electrons. The largest absolute Gasteiger partial charge is 0.469 e. The molecular formula is C19H18N4O3. The van der Waals surface area contributed by atoms with Gasteiger partial charge < -0.3 is 4.74 Å². The molecule has 0 radical (unpaired) electrons. The van der Waals surface area contributed by atoms with Crippen LogP contribution in [-0.2, 0) is 16.0 Å². The van der Waals surface area contributed by atoms with Crippen LogP contribution in [0.2, 0.25) is 0 Å². The molecule has 0 N–H and O–H groups in total. The van der Waals surface area contributed by atoms with Gasteiger partial charge in [0.05, 0.1) is 24.9 Å². The van der Waals surface area contributed by atoms with Crippen LogP contribution in [0.15, 0.2) is 52.8 Å². The Kier molecular flexibility index (Phi) is 4.88. The van der Waals surface area contributed by atoms with Gasteiger partial charge in [-0.3, -0.25) is 14.0 Å². The fraction of sp³-hybridized carbons (Fsp3) is 0.211. The number of rotatable bonds is 5. The number of aryl methyl sites for hydroxylation is 1. The van der Waals surface area contributed by atoms with E-state index in [1.54, 1.807) is 28.7 Å². The number of hydrogen-bond acceptors (Lipinski definition) is 6. The van der Waals surface area contributed by atoms with E-state index in [4.69, 9.17) is 4.74 Å². The number of aromatic nitrogens is 2. The predicted octanol–water partition coefficient (Wildman–Crippen LogP) is 3.98. The Morgan fingerprint density at radius 1 is 1.19 bits per heavy atom. The Labute approximate surface area is 150 Å². The minimum absolute atomic E-state index is 0.000537. The summed E-state index contributed by atoms with van der Waals surface area (Å²) in [7, 11) is 1.33. The minimum atomic E-state index is -0.402. The number of ether oxygens (including phenoxy) is 1. The number of carbonyl (C=O) groups excluding carboxylic acids is 2. The summed E-state index contributed by atoms with van der Waals surface area (Å²) in [6.45, 7) is 3.43. The van der Waals surface area contributed by atoms with Crippen molar-refractivity contribution in [2.75, 3.05) is 7.11 Å². The van der Waals surface area contributed by atoms with Gasteiger partial charge in [-0.15, -0.1) is 10.2 Å². The number of methoxy groups -OCH3 is 1. The van der Waals surface area contributed by atoms with Crippen LogP contribution in [-0.4, -0.2) is 28.2 Å². The van der Waals surface area contributed by atoms with Gasteiger partial charge in [0, 0.05) is 11.8 Å². The summed E-state index contributed by atoms with van der Waals surface area (Å²) in [5, 5.41) is 8.53. The number of imidazole rings is 1. The summed E-state index contributed by atoms with van der Waals surface area (Å²) in [6, 6.07) is 10.7. The lowest BCUT2D eigenvalue weighted by atomic mass is 10.1. The zero-order chi connectivity index (χ0) is 18.7. The molecule has 3 rings (SSSR count). The van der Waals surface area contributed by atoms with E-state index in [2.05, 4.69) is 15.2 Å². The van der Waals surface area contributed by atoms with Gasteiger partial charge in [0.1, 0.15) is 5.65 Å². The second-order valence-corrected chi connectivity index (χ2v) is 5.83. The highest BCUT2D eigenvalue weighted by Crippen LogP contribution is 2.26. The fourth-order valence-corrected chi connectivity index (χ4v) is 2.56. The van der Waals surface area contributed by atoms with E-state index >= 15 is 0 Å². The molecule has 0 amide bonds. The molecule has 0 spiro atoms. The number of carbonyl (C=O) groups is 2. The van der Waals surface area contributed by atoms with E-state index in [0.717, 1.165) is 5.56 Å². The van der Waals surface area contributed by atoms with Crippen molar-refractivity contribution in [3.05, 3.63) is 59.4 Å². The third-order valence-electron chi connectivity index (χ3n) is 3.94. The maximum Gasteiger partial charge on any atom is 0.311 e. The molecule has 0 fully saturated rings. The number of Topliss-reactive ketones (excluding diaryl/α,β-unsaturated/α-hetero) is 1. The number of fused-ring (bicyclic) bond motifs is 1. The molecule has 0 aliphatic rings. The van der Waals surface area contributed by atoms with Crippen molar-refractivity contribution in [2.45, 2.75) is 20.3 Å². The summed E-state index contributed by atoms with van der Waals surface area (Å²) < 4.78 is 6.53. The summed E-state index contributed by atoms with van der Waals surface area (Å²) in [5.74, 6) is 0.0160. The van der Waals surface area contributed by atoms with E-state index < -0.39 is 5.97 Å². The van der Waals surface area contributed by atoms with Gasteiger partial charge >= 0.3 is 5.97 Å². The molecule has 26 heavy (non-hydrogen) atoms. The first kappa shape index (κ1) is 17.5. The molecule has 2 aromatic heterocycles. The lowest BCUT2D eigenvalue weighted by molar-refractivity contribution is -0.139. The van der Waals surface area contributed by atoms with Gasteiger partial charge in [-0.2, -0.15) is 0 Å². The van der Waals surface area contributed by atoms with E-state index in [0.29, 0.717) is 28.4 Å². The van der Waals surface area contributed by atoms with Crippen LogP contribution < -0.4 is 0 Å². The van der Waals surface area contributed by atoms with Crippen LogP contribution in [0, 0.1) is 6.92 Å². The lowest BCUT2D eigenvalue weighted by Crippen LogP contribution is -2.04. The van der Waals surface area contributed by atoms with Crippen molar-refractivity contribution in [1.29, 1.82) is 0 Å². The van der Waals surface area contributed by atoms with Crippen molar-refractivity contribution in [3.63, 3.8) is 0 Å². The number of esters is 1. The first-order chi connectivity index (χ1) is 12.5. The van der Waals surface area contributed by atoms with Crippen molar-refractivity contribution in [3.8, 4) is 0 Å². The topological polar surface area (TPSA) is 85.4 Å². The van der Waals surface area contributed by atoms with Crippen molar-refractivity contribution < 1.29 is 14.3 Å². The molecular weight excluding hydrogens is 332 g/mol. The Morgan fingerprint density at radius 3 is 2.73 bits per heavy atom. The van der Waals surface area contributed by atoms with Crippen LogP contribution in [0.1, 0.15) is 28.5 Å². The van der Waals surface area contributed by atoms with Gasteiger partial charge in [0.15, 0.2) is 11.6 Å². The molecule has 0 atom stereocenters. The second-order valence-electron chi connectivity index (χ2n) is 5.83. The van der Waals surface area contributed by atoms with Gasteiger partial charge in [-0.25, -0.2) is 4.98 Å². The van der Waals surface area contributed by atoms with Crippen LogP contribution in [0.3, 0.4) is 0 Å². The van der Waals surface area contributed by atoms with Gasteiger partial charge in [0.2, 0.25) is 0 Å². The Hall–Kier alpha value is -3.35. The Morgan fingerprint density at radius 2 is 2.00 bits per heavy atom. The summed E-state index contributed by atoms with van der Waals surface area (Å²) in [5.41, 5.74) is 3.25. The smallest absolute Gasteiger partial charge is 0.311 e. The maximum atomic E-state index is 11.7. The van der Waals surface area contributed by atoms with Crippen molar-refractivity contribution in [2.24, 2.45) is 10.2 Å². The first-order valence-corrected chi connectivity index (χ1v) is 8.05. The average Bonchev–Trinajstić information content (AvgIpc) is 2.98. The molecule has 0 saturated heterocycles. The Bertz CT molecular complexity index is 1020. The second kappa shape index (κ2) is 7.26. The highest BCUT2D eigenvalue weighted by Gasteiger charge is 2.16. The van der Waals surface area contributed by atoms with Crippen LogP contribution in [0.5, 0.6) is 0 Å². The van der Waals surface area contributed by atoms with Crippen LogP contribution in [0.25, 0.3) is 5.65 Å². The number of pyridine rings is 1. The third-order valence-corrected chi connectivity index (χ3v) is 3.94. The average molecular weight is 350 g/mol. The SMILES string of the molecule is COC(=O)Cc1nc2c(C)cccn2c1N=Nc1cccc(C(C)=O)c1. The van der Waals surface area contributed by atoms with E-state index in [1.807, 2.05) is 25.3 Å². The third kappa shape index (κ3) is 3.51. The molecule has 0 bridgehead atoms. The molecule has 0 aliphatic heterocycles. The fourth-order valence-electron chi connectivity index (χ4n) is 2.56. The molecule has 0 aliphatic carbocycles. The summed E-state index contributed by atoms with van der Waals surface area (Å²) in [4.78, 5) is 27.7. The van der Waals surface area contributed by atoms with Gasteiger partial charge in [-0.1, -0.05) is 18.2 Å². The zero-order valence-corrected chi connectivity index (χ0v) is 14.8. The molecule has 1 aromatic carbocycles. The molecule has 2 heterocycles. The molecule has 0 saturated carbocycles. The first-order valence-electron chi connectivity index (χ1n) is 8.05. The molecule has 7 nitrogen and oxygen atoms in total.